The lowest BCUT2D eigenvalue weighted by atomic mass is 9.82. The first-order valence-corrected chi connectivity index (χ1v) is 12.7. The van der Waals surface area contributed by atoms with E-state index in [-0.39, 0.29) is 14.0 Å². The van der Waals surface area contributed by atoms with Crippen molar-refractivity contribution in [2.45, 2.75) is 45.7 Å². The number of ether oxygens (including phenoxy) is 1. The Morgan fingerprint density at radius 1 is 1.24 bits per heavy atom. The molecule has 1 aliphatic rings. The van der Waals surface area contributed by atoms with E-state index in [4.69, 9.17) is 26.2 Å². The first kappa shape index (κ1) is 32.6. The van der Waals surface area contributed by atoms with Crippen molar-refractivity contribution in [2.75, 3.05) is 26.0 Å². The van der Waals surface area contributed by atoms with Crippen molar-refractivity contribution in [1.82, 2.24) is 4.90 Å². The Labute approximate surface area is 230 Å². The third-order valence-electron chi connectivity index (χ3n) is 5.79. The predicted molar refractivity (Wildman–Crippen MR) is 161 cm³/mol. The molecule has 37 heavy (non-hydrogen) atoms. The van der Waals surface area contributed by atoms with Gasteiger partial charge in [-0.3, -0.25) is 9.89 Å². The van der Waals surface area contributed by atoms with E-state index in [1.54, 1.807) is 19.4 Å². The summed E-state index contributed by atoms with van der Waals surface area (Å²) in [6.45, 7) is 5.05. The van der Waals surface area contributed by atoms with Crippen molar-refractivity contribution in [2.24, 2.45) is 10.7 Å². The van der Waals surface area contributed by atoms with Gasteiger partial charge in [0.15, 0.2) is 0 Å². The highest BCUT2D eigenvalue weighted by Gasteiger charge is 2.28. The van der Waals surface area contributed by atoms with Gasteiger partial charge in [-0.2, -0.15) is 12.6 Å². The number of hydrogen-bond acceptors (Lipinski definition) is 7. The van der Waals surface area contributed by atoms with Crippen LogP contribution in [0.4, 0.5) is 5.69 Å². The molecule has 0 saturated heterocycles. The fourth-order valence-corrected chi connectivity index (χ4v) is 3.84. The SMILES string of the molecule is C.CS.[B]C([B])Oc1cc(/C(C=Nc2ccccc2)=C(\C)N)ccc1CN1CCC=C([C@](C)(O)CO)C1. The number of hydrogen-bond donors (Lipinski definition) is 4. The summed E-state index contributed by atoms with van der Waals surface area (Å²) >= 11 is 3.53. The van der Waals surface area contributed by atoms with Gasteiger partial charge in [-0.05, 0) is 55.9 Å². The summed E-state index contributed by atoms with van der Waals surface area (Å²) in [6.07, 6.45) is 6.21. The van der Waals surface area contributed by atoms with Crippen LogP contribution in [0.25, 0.3) is 5.57 Å². The molecule has 0 aromatic heterocycles. The maximum Gasteiger partial charge on any atom is 0.122 e. The summed E-state index contributed by atoms with van der Waals surface area (Å²) < 4.78 is 5.75. The third kappa shape index (κ3) is 9.74. The molecule has 2 aromatic carbocycles. The van der Waals surface area contributed by atoms with Crippen molar-refractivity contribution < 1.29 is 14.9 Å². The predicted octanol–water partition coefficient (Wildman–Crippen LogP) is 3.84. The fraction of sp³-hybridized carbons (Fsp3) is 0.393. The molecule has 0 fully saturated rings. The van der Waals surface area contributed by atoms with E-state index in [0.717, 1.165) is 40.9 Å². The van der Waals surface area contributed by atoms with Crippen molar-refractivity contribution in [3.8, 4) is 5.75 Å². The first-order chi connectivity index (χ1) is 17.2. The Balaban J connectivity index is 0.00000223. The maximum absolute atomic E-state index is 10.5. The Morgan fingerprint density at radius 2 is 1.92 bits per heavy atom. The van der Waals surface area contributed by atoms with Gasteiger partial charge in [-0.15, -0.1) is 0 Å². The van der Waals surface area contributed by atoms with Crippen molar-refractivity contribution >= 4 is 45.8 Å². The molecule has 196 valence electrons. The van der Waals surface area contributed by atoms with Gasteiger partial charge in [0.05, 0.1) is 12.3 Å². The van der Waals surface area contributed by atoms with E-state index >= 15 is 0 Å². The number of benzene rings is 2. The van der Waals surface area contributed by atoms with Gasteiger partial charge in [0.1, 0.15) is 27.0 Å². The van der Waals surface area contributed by atoms with E-state index in [9.17, 15) is 10.2 Å². The Kier molecular flexibility index (Phi) is 13.8. The lowest BCUT2D eigenvalue weighted by Gasteiger charge is -2.34. The molecule has 1 aliphatic heterocycles. The number of nitrogens with zero attached hydrogens (tertiary/aromatic N) is 2. The van der Waals surface area contributed by atoms with Crippen molar-refractivity contribution in [3.63, 3.8) is 0 Å². The molecule has 9 heteroatoms. The zero-order valence-corrected chi connectivity index (χ0v) is 22.2. The molecule has 4 N–H and O–H groups in total. The highest BCUT2D eigenvalue weighted by atomic mass is 32.1. The number of thiol groups is 1. The molecule has 0 unspecified atom stereocenters. The molecule has 2 aromatic rings. The minimum atomic E-state index is -1.24. The number of allylic oxidation sites excluding steroid dienone is 2. The van der Waals surface area contributed by atoms with E-state index in [0.29, 0.717) is 24.5 Å². The number of rotatable bonds is 9. The lowest BCUT2D eigenvalue weighted by molar-refractivity contribution is 0.0247. The highest BCUT2D eigenvalue weighted by molar-refractivity contribution is 7.79. The lowest BCUT2D eigenvalue weighted by Crippen LogP contribution is -2.40. The van der Waals surface area contributed by atoms with E-state index in [1.807, 2.05) is 61.5 Å². The van der Waals surface area contributed by atoms with Gasteiger partial charge in [0.25, 0.3) is 0 Å². The summed E-state index contributed by atoms with van der Waals surface area (Å²) in [5.74, 6) is -0.422. The van der Waals surface area contributed by atoms with Crippen LogP contribution in [-0.2, 0) is 6.54 Å². The van der Waals surface area contributed by atoms with Crippen LogP contribution in [0.2, 0.25) is 0 Å². The van der Waals surface area contributed by atoms with Gasteiger partial charge in [-0.1, -0.05) is 43.8 Å². The average Bonchev–Trinajstić information content (AvgIpc) is 2.87. The van der Waals surface area contributed by atoms with E-state index in [2.05, 4.69) is 22.5 Å². The van der Waals surface area contributed by atoms with E-state index < -0.39 is 11.5 Å². The Morgan fingerprint density at radius 3 is 2.51 bits per heavy atom. The molecule has 0 bridgehead atoms. The molecule has 0 saturated carbocycles. The van der Waals surface area contributed by atoms with Crippen LogP contribution in [0.1, 0.15) is 38.8 Å². The highest BCUT2D eigenvalue weighted by Crippen LogP contribution is 2.29. The summed E-state index contributed by atoms with van der Waals surface area (Å²) in [5.41, 5.74) is 9.70. The number of aliphatic hydroxyl groups excluding tert-OH is 1. The average molecular weight is 519 g/mol. The normalized spacial score (nSPS) is 16.1. The molecule has 1 heterocycles. The second-order valence-electron chi connectivity index (χ2n) is 8.76. The second kappa shape index (κ2) is 15.7. The zero-order chi connectivity index (χ0) is 26.7. The quantitative estimate of drug-likeness (QED) is 0.175. The third-order valence-corrected chi connectivity index (χ3v) is 5.79. The van der Waals surface area contributed by atoms with Gasteiger partial charge >= 0.3 is 0 Å². The molecule has 6 nitrogen and oxygen atoms in total. The van der Waals surface area contributed by atoms with Crippen LogP contribution >= 0.6 is 12.6 Å². The Hall–Kier alpha value is -2.45. The molecule has 0 spiro atoms. The molecular weight excluding hydrogens is 480 g/mol. The largest absolute Gasteiger partial charge is 0.510 e. The molecule has 0 amide bonds. The van der Waals surface area contributed by atoms with Crippen LogP contribution in [0, 0.1) is 0 Å². The van der Waals surface area contributed by atoms with Gasteiger partial charge in [-0.25, -0.2) is 0 Å². The maximum atomic E-state index is 10.5. The van der Waals surface area contributed by atoms with Gasteiger partial charge in [0.2, 0.25) is 0 Å². The fourth-order valence-electron chi connectivity index (χ4n) is 3.84. The Bertz CT molecular complexity index is 1070. The van der Waals surface area contributed by atoms with Crippen LogP contribution < -0.4 is 10.5 Å². The number of para-hydroxylation sites is 1. The summed E-state index contributed by atoms with van der Waals surface area (Å²) in [5, 5.41) is 20.0. The van der Waals surface area contributed by atoms with Gasteiger partial charge in [0, 0.05) is 48.6 Å². The molecular formula is C28H39B2N3O3S. The summed E-state index contributed by atoms with van der Waals surface area (Å²) in [6, 6.07) is 15.4. The minimum absolute atomic E-state index is 0. The van der Waals surface area contributed by atoms with Crippen molar-refractivity contribution in [1.29, 1.82) is 0 Å². The van der Waals surface area contributed by atoms with Crippen LogP contribution in [-0.4, -0.2) is 74.5 Å². The van der Waals surface area contributed by atoms with Crippen LogP contribution in [0.3, 0.4) is 0 Å². The minimum Gasteiger partial charge on any atom is -0.510 e. The summed E-state index contributed by atoms with van der Waals surface area (Å²) in [7, 11) is 11.5. The topological polar surface area (TPSA) is 91.3 Å². The number of nitrogens with two attached hydrogens (primary N) is 1. The summed E-state index contributed by atoms with van der Waals surface area (Å²) in [4.78, 5) is 6.72. The number of aliphatic hydroxyl groups is 2. The molecule has 3 rings (SSSR count). The molecule has 4 radical (unpaired) electrons. The molecule has 0 aliphatic carbocycles. The standard InChI is InChI=1S/C26H31B2N3O3.CH4S.CH4/c1-18(29)23(14-30-22-8-4-3-5-9-22)19-10-11-20(24(13-19)34-25(27)28)15-31-12-6-7-21(16-31)26(2,33)17-32;1-2;/h3-5,7-11,13-14,25,32-33H,6,12,15-17,29H2,1-2H3;2H,1H3;1H4/b23-18+,30-14?;;/t26-;;/m1../s1. The van der Waals surface area contributed by atoms with E-state index in [1.165, 1.54) is 0 Å². The van der Waals surface area contributed by atoms with Crippen LogP contribution in [0.5, 0.6) is 5.75 Å². The number of aliphatic imine (C=N–C) groups is 1. The zero-order valence-electron chi connectivity index (χ0n) is 21.3. The smallest absolute Gasteiger partial charge is 0.122 e. The first-order valence-electron chi connectivity index (χ1n) is 11.8. The second-order valence-corrected chi connectivity index (χ2v) is 8.76. The molecule has 1 atom stereocenters. The van der Waals surface area contributed by atoms with Crippen LogP contribution in [0.15, 0.2) is 70.9 Å². The van der Waals surface area contributed by atoms with Crippen molar-refractivity contribution in [3.05, 3.63) is 77.0 Å². The monoisotopic (exact) mass is 519 g/mol. The van der Waals surface area contributed by atoms with Gasteiger partial charge < -0.3 is 20.7 Å².